The van der Waals surface area contributed by atoms with E-state index >= 15 is 0 Å². The van der Waals surface area contributed by atoms with Gasteiger partial charge in [0.05, 0.1) is 38.2 Å². The van der Waals surface area contributed by atoms with Crippen molar-refractivity contribution in [2.75, 3.05) is 56.8 Å². The first-order valence-electron chi connectivity index (χ1n) is 11.1. The van der Waals surface area contributed by atoms with E-state index in [1.165, 1.54) is 6.92 Å². The number of carbonyl (C=O) groups excluding carboxylic acids is 1. The lowest BCUT2D eigenvalue weighted by Gasteiger charge is -2.31. The van der Waals surface area contributed by atoms with Crippen molar-refractivity contribution in [3.05, 3.63) is 18.2 Å². The molecule has 0 bridgehead atoms. The second-order valence-corrected chi connectivity index (χ2v) is 7.64. The number of benzene rings is 1. The zero-order valence-electron chi connectivity index (χ0n) is 19.4. The summed E-state index contributed by atoms with van der Waals surface area (Å²) in [6, 6.07) is 5.27. The lowest BCUT2D eigenvalue weighted by atomic mass is 10.2. The number of rotatable bonds is 17. The summed E-state index contributed by atoms with van der Waals surface area (Å²) in [6.07, 6.45) is 2.44. The van der Waals surface area contributed by atoms with E-state index in [4.69, 9.17) is 14.2 Å². The van der Waals surface area contributed by atoms with Crippen molar-refractivity contribution in [2.45, 2.75) is 58.7 Å². The SMILES string of the molecule is CCCCOCC(O)CN(CC(O)COCCCC)c1cc(NC(C)=O)ccc1OC. The Hall–Kier alpha value is -1.87. The Bertz CT molecular complexity index is 608. The molecule has 2 atom stereocenters. The molecule has 31 heavy (non-hydrogen) atoms. The molecule has 0 aromatic heterocycles. The molecule has 178 valence electrons. The molecule has 0 spiro atoms. The fourth-order valence-corrected chi connectivity index (χ4v) is 3.04. The van der Waals surface area contributed by atoms with Gasteiger partial charge in [-0.25, -0.2) is 0 Å². The molecule has 0 aliphatic carbocycles. The highest BCUT2D eigenvalue weighted by Gasteiger charge is 2.20. The van der Waals surface area contributed by atoms with Crippen LogP contribution < -0.4 is 15.0 Å². The average Bonchev–Trinajstić information content (AvgIpc) is 2.73. The maximum absolute atomic E-state index is 11.5. The second kappa shape index (κ2) is 15.9. The van der Waals surface area contributed by atoms with Crippen LogP contribution >= 0.6 is 0 Å². The van der Waals surface area contributed by atoms with Crippen LogP contribution in [0.4, 0.5) is 11.4 Å². The number of nitrogens with zero attached hydrogens (tertiary/aromatic N) is 1. The molecule has 0 aliphatic heterocycles. The van der Waals surface area contributed by atoms with Gasteiger partial charge in [0.1, 0.15) is 5.75 Å². The number of hydrogen-bond acceptors (Lipinski definition) is 7. The van der Waals surface area contributed by atoms with Gasteiger partial charge in [0.2, 0.25) is 5.91 Å². The number of ether oxygens (including phenoxy) is 3. The van der Waals surface area contributed by atoms with E-state index in [0.717, 1.165) is 25.7 Å². The number of aliphatic hydroxyl groups is 2. The Labute approximate surface area is 186 Å². The third-order valence-electron chi connectivity index (χ3n) is 4.61. The Balaban J connectivity index is 2.95. The zero-order valence-corrected chi connectivity index (χ0v) is 19.4. The lowest BCUT2D eigenvalue weighted by Crippen LogP contribution is -2.41. The van der Waals surface area contributed by atoms with Gasteiger partial charge in [-0.1, -0.05) is 26.7 Å². The van der Waals surface area contributed by atoms with Crippen LogP contribution in [-0.2, 0) is 14.3 Å². The first-order valence-corrected chi connectivity index (χ1v) is 11.1. The largest absolute Gasteiger partial charge is 0.495 e. The molecule has 1 aromatic carbocycles. The highest BCUT2D eigenvalue weighted by molar-refractivity contribution is 5.89. The maximum Gasteiger partial charge on any atom is 0.221 e. The molecular formula is C23H40N2O6. The van der Waals surface area contributed by atoms with E-state index in [1.807, 2.05) is 4.90 Å². The quantitative estimate of drug-likeness (QED) is 0.320. The highest BCUT2D eigenvalue weighted by atomic mass is 16.5. The third-order valence-corrected chi connectivity index (χ3v) is 4.61. The van der Waals surface area contributed by atoms with E-state index < -0.39 is 12.2 Å². The molecule has 2 unspecified atom stereocenters. The van der Waals surface area contributed by atoms with Crippen LogP contribution in [0.15, 0.2) is 18.2 Å². The first kappa shape index (κ1) is 27.2. The number of nitrogens with one attached hydrogen (secondary N) is 1. The Kier molecular flexibility index (Phi) is 13.9. The van der Waals surface area contributed by atoms with Gasteiger partial charge in [0.25, 0.3) is 0 Å². The molecule has 0 radical (unpaired) electrons. The Morgan fingerprint density at radius 1 is 1.03 bits per heavy atom. The van der Waals surface area contributed by atoms with Crippen molar-refractivity contribution >= 4 is 17.3 Å². The number of hydrogen-bond donors (Lipinski definition) is 3. The minimum Gasteiger partial charge on any atom is -0.495 e. The Morgan fingerprint density at radius 2 is 1.58 bits per heavy atom. The van der Waals surface area contributed by atoms with Crippen molar-refractivity contribution < 1.29 is 29.2 Å². The van der Waals surface area contributed by atoms with E-state index in [9.17, 15) is 15.0 Å². The van der Waals surface area contributed by atoms with Crippen LogP contribution in [0, 0.1) is 0 Å². The van der Waals surface area contributed by atoms with Crippen LogP contribution in [0.1, 0.15) is 46.5 Å². The van der Waals surface area contributed by atoms with Crippen LogP contribution in [-0.4, -0.2) is 75.0 Å². The normalized spacial score (nSPS) is 13.0. The van der Waals surface area contributed by atoms with E-state index in [1.54, 1.807) is 25.3 Å². The number of unbranched alkanes of at least 4 members (excludes halogenated alkanes) is 2. The molecule has 0 saturated heterocycles. The van der Waals surface area contributed by atoms with Crippen molar-refractivity contribution in [3.8, 4) is 5.75 Å². The third kappa shape index (κ3) is 11.4. The summed E-state index contributed by atoms with van der Waals surface area (Å²) < 4.78 is 16.6. The minimum absolute atomic E-state index is 0.184. The number of anilines is 2. The summed E-state index contributed by atoms with van der Waals surface area (Å²) >= 11 is 0. The molecule has 0 fully saturated rings. The maximum atomic E-state index is 11.5. The molecule has 1 amide bonds. The minimum atomic E-state index is -0.751. The molecule has 8 heteroatoms. The number of amides is 1. The van der Waals surface area contributed by atoms with Gasteiger partial charge in [0.15, 0.2) is 0 Å². The van der Waals surface area contributed by atoms with Crippen LogP contribution in [0.5, 0.6) is 5.75 Å². The van der Waals surface area contributed by atoms with Crippen molar-refractivity contribution in [2.24, 2.45) is 0 Å². The fraction of sp³-hybridized carbons (Fsp3) is 0.696. The number of methoxy groups -OCH3 is 1. The summed E-state index contributed by atoms with van der Waals surface area (Å²) in [5.74, 6) is 0.392. The monoisotopic (exact) mass is 440 g/mol. The predicted octanol–water partition coefficient (Wildman–Crippen LogP) is 2.82. The molecule has 1 aromatic rings. The van der Waals surface area contributed by atoms with Crippen molar-refractivity contribution in [1.82, 2.24) is 0 Å². The predicted molar refractivity (Wildman–Crippen MR) is 123 cm³/mol. The van der Waals surface area contributed by atoms with Gasteiger partial charge in [-0.05, 0) is 31.0 Å². The van der Waals surface area contributed by atoms with Crippen LogP contribution in [0.3, 0.4) is 0 Å². The highest BCUT2D eigenvalue weighted by Crippen LogP contribution is 2.32. The van der Waals surface area contributed by atoms with Gasteiger partial charge in [0, 0.05) is 38.9 Å². The van der Waals surface area contributed by atoms with Gasteiger partial charge in [-0.3, -0.25) is 4.79 Å². The van der Waals surface area contributed by atoms with E-state index in [0.29, 0.717) is 30.3 Å². The summed E-state index contributed by atoms with van der Waals surface area (Å²) in [4.78, 5) is 13.3. The number of aliphatic hydroxyl groups excluding tert-OH is 2. The molecule has 3 N–H and O–H groups in total. The van der Waals surface area contributed by atoms with Gasteiger partial charge < -0.3 is 34.6 Å². The smallest absolute Gasteiger partial charge is 0.221 e. The molecule has 0 saturated carbocycles. The summed E-state index contributed by atoms with van der Waals surface area (Å²) in [5.41, 5.74) is 1.27. The summed E-state index contributed by atoms with van der Waals surface area (Å²) in [6.45, 7) is 7.68. The first-order chi connectivity index (χ1) is 14.9. The molecule has 8 nitrogen and oxygen atoms in total. The van der Waals surface area contributed by atoms with Crippen molar-refractivity contribution in [3.63, 3.8) is 0 Å². The lowest BCUT2D eigenvalue weighted by molar-refractivity contribution is -0.114. The topological polar surface area (TPSA) is 100 Å². The zero-order chi connectivity index (χ0) is 23.1. The summed E-state index contributed by atoms with van der Waals surface area (Å²) in [7, 11) is 1.56. The molecule has 0 heterocycles. The number of carbonyl (C=O) groups is 1. The molecule has 1 rings (SSSR count). The molecular weight excluding hydrogens is 400 g/mol. The van der Waals surface area contributed by atoms with Gasteiger partial charge in [-0.2, -0.15) is 0 Å². The van der Waals surface area contributed by atoms with E-state index in [-0.39, 0.29) is 32.2 Å². The fourth-order valence-electron chi connectivity index (χ4n) is 3.04. The molecule has 0 aliphatic rings. The van der Waals surface area contributed by atoms with Crippen molar-refractivity contribution in [1.29, 1.82) is 0 Å². The second-order valence-electron chi connectivity index (χ2n) is 7.64. The Morgan fingerprint density at radius 3 is 2.03 bits per heavy atom. The van der Waals surface area contributed by atoms with Gasteiger partial charge in [-0.15, -0.1) is 0 Å². The van der Waals surface area contributed by atoms with Gasteiger partial charge >= 0.3 is 0 Å². The van der Waals surface area contributed by atoms with Crippen LogP contribution in [0.2, 0.25) is 0 Å². The summed E-state index contributed by atoms with van der Waals surface area (Å²) in [5, 5.41) is 23.8. The average molecular weight is 441 g/mol. The van der Waals surface area contributed by atoms with E-state index in [2.05, 4.69) is 19.2 Å². The van der Waals surface area contributed by atoms with Crippen LogP contribution in [0.25, 0.3) is 0 Å². The standard InChI is InChI=1S/C23H40N2O6/c1-5-7-11-30-16-20(27)14-25(15-21(28)17-31-12-8-6-2)22-13-19(24-18(3)26)9-10-23(22)29-4/h9-10,13,20-21,27-28H,5-8,11-12,14-17H2,1-4H3,(H,24,26).